The van der Waals surface area contributed by atoms with Crippen molar-refractivity contribution in [3.63, 3.8) is 0 Å². The molecule has 4 nitrogen and oxygen atoms in total. The lowest BCUT2D eigenvalue weighted by Crippen LogP contribution is -2.46. The normalized spacial score (nSPS) is 21.8. The van der Waals surface area contributed by atoms with Gasteiger partial charge in [0, 0.05) is 26.2 Å². The summed E-state index contributed by atoms with van der Waals surface area (Å²) in [6.07, 6.45) is 7.32. The highest BCUT2D eigenvalue weighted by molar-refractivity contribution is 5.74. The van der Waals surface area contributed by atoms with E-state index in [1.54, 1.807) is 0 Å². The highest BCUT2D eigenvalue weighted by atomic mass is 16.2. The summed E-state index contributed by atoms with van der Waals surface area (Å²) >= 11 is 0. The lowest BCUT2D eigenvalue weighted by molar-refractivity contribution is 0.154. The fourth-order valence-corrected chi connectivity index (χ4v) is 3.13. The van der Waals surface area contributed by atoms with Crippen LogP contribution >= 0.6 is 0 Å². The molecule has 0 saturated carbocycles. The smallest absolute Gasteiger partial charge is 0.317 e. The van der Waals surface area contributed by atoms with Crippen molar-refractivity contribution in [3.8, 4) is 0 Å². The van der Waals surface area contributed by atoms with Gasteiger partial charge in [-0.3, -0.25) is 0 Å². The summed E-state index contributed by atoms with van der Waals surface area (Å²) in [5.74, 6) is 0.804. The molecule has 0 aromatic heterocycles. The molecule has 0 unspecified atom stereocenters. The lowest BCUT2D eigenvalue weighted by atomic mass is 9.96. The van der Waals surface area contributed by atoms with Crippen LogP contribution in [0.2, 0.25) is 0 Å². The van der Waals surface area contributed by atoms with Crippen molar-refractivity contribution in [2.75, 3.05) is 39.3 Å². The maximum atomic E-state index is 11.9. The number of nitrogens with zero attached hydrogens (tertiary/aromatic N) is 2. The largest absolute Gasteiger partial charge is 0.338 e. The van der Waals surface area contributed by atoms with Gasteiger partial charge in [0.25, 0.3) is 0 Å². The van der Waals surface area contributed by atoms with Crippen LogP contribution < -0.4 is 5.32 Å². The number of hydrogen-bond donors (Lipinski definition) is 1. The summed E-state index contributed by atoms with van der Waals surface area (Å²) in [7, 11) is 0. The fraction of sp³-hybridized carbons (Fsp3) is 0.933. The second kappa shape index (κ2) is 7.73. The first kappa shape index (κ1) is 14.6. The molecule has 0 aliphatic carbocycles. The van der Waals surface area contributed by atoms with Crippen molar-refractivity contribution in [1.29, 1.82) is 0 Å². The molecule has 2 aliphatic rings. The van der Waals surface area contributed by atoms with Gasteiger partial charge in [-0.1, -0.05) is 13.3 Å². The number of urea groups is 1. The zero-order valence-corrected chi connectivity index (χ0v) is 12.4. The molecule has 2 heterocycles. The Balaban J connectivity index is 1.62. The molecule has 0 spiro atoms. The summed E-state index contributed by atoms with van der Waals surface area (Å²) < 4.78 is 0. The van der Waals surface area contributed by atoms with Crippen LogP contribution in [0.4, 0.5) is 4.79 Å². The second-order valence-corrected chi connectivity index (χ2v) is 6.02. The molecule has 110 valence electrons. The van der Waals surface area contributed by atoms with Gasteiger partial charge in [-0.25, -0.2) is 4.79 Å². The number of amides is 2. The van der Waals surface area contributed by atoms with Gasteiger partial charge in [-0.15, -0.1) is 0 Å². The Morgan fingerprint density at radius 1 is 1.16 bits per heavy atom. The average molecular weight is 267 g/mol. The summed E-state index contributed by atoms with van der Waals surface area (Å²) in [4.78, 5) is 16.5. The van der Waals surface area contributed by atoms with Gasteiger partial charge < -0.3 is 15.1 Å². The van der Waals surface area contributed by atoms with E-state index in [-0.39, 0.29) is 6.03 Å². The topological polar surface area (TPSA) is 35.6 Å². The van der Waals surface area contributed by atoms with E-state index in [1.165, 1.54) is 45.3 Å². The Morgan fingerprint density at radius 2 is 1.84 bits per heavy atom. The van der Waals surface area contributed by atoms with Gasteiger partial charge in [-0.05, 0) is 51.1 Å². The lowest BCUT2D eigenvalue weighted by Gasteiger charge is -2.33. The third-order valence-electron chi connectivity index (χ3n) is 4.42. The molecule has 0 radical (unpaired) electrons. The summed E-state index contributed by atoms with van der Waals surface area (Å²) in [6.45, 7) is 8.69. The highest BCUT2D eigenvalue weighted by Gasteiger charge is 2.24. The highest BCUT2D eigenvalue weighted by Crippen LogP contribution is 2.20. The van der Waals surface area contributed by atoms with Crippen LogP contribution in [0, 0.1) is 5.92 Å². The summed E-state index contributed by atoms with van der Waals surface area (Å²) in [5, 5.41) is 3.02. The first-order chi connectivity index (χ1) is 9.29. The number of unbranched alkanes of at least 4 members (excludes halogenated alkanes) is 1. The number of hydrogen-bond acceptors (Lipinski definition) is 2. The van der Waals surface area contributed by atoms with Crippen molar-refractivity contribution < 1.29 is 4.79 Å². The molecule has 2 saturated heterocycles. The van der Waals surface area contributed by atoms with E-state index < -0.39 is 0 Å². The van der Waals surface area contributed by atoms with Crippen molar-refractivity contribution >= 4 is 6.03 Å². The zero-order chi connectivity index (χ0) is 13.5. The van der Waals surface area contributed by atoms with Gasteiger partial charge in [0.2, 0.25) is 0 Å². The first-order valence-corrected chi connectivity index (χ1v) is 8.04. The first-order valence-electron chi connectivity index (χ1n) is 8.04. The molecule has 0 atom stereocenters. The van der Waals surface area contributed by atoms with Gasteiger partial charge in [-0.2, -0.15) is 0 Å². The van der Waals surface area contributed by atoms with E-state index in [0.29, 0.717) is 0 Å². The van der Waals surface area contributed by atoms with Crippen molar-refractivity contribution in [2.45, 2.75) is 45.4 Å². The number of nitrogens with one attached hydrogen (secondary N) is 1. The van der Waals surface area contributed by atoms with Gasteiger partial charge in [0.05, 0.1) is 0 Å². The minimum atomic E-state index is 0.146. The van der Waals surface area contributed by atoms with E-state index in [2.05, 4.69) is 17.1 Å². The monoisotopic (exact) mass is 267 g/mol. The molecular weight excluding hydrogens is 238 g/mol. The molecular formula is C15H29N3O. The third kappa shape index (κ3) is 4.68. The van der Waals surface area contributed by atoms with E-state index >= 15 is 0 Å². The minimum Gasteiger partial charge on any atom is -0.338 e. The molecule has 0 aromatic rings. The quantitative estimate of drug-likeness (QED) is 0.776. The maximum Gasteiger partial charge on any atom is 0.317 e. The predicted molar refractivity (Wildman–Crippen MR) is 78.3 cm³/mol. The number of likely N-dealkylation sites (tertiary alicyclic amines) is 2. The Bertz CT molecular complexity index is 269. The van der Waals surface area contributed by atoms with E-state index in [1.807, 2.05) is 4.90 Å². The molecule has 2 amide bonds. The fourth-order valence-electron chi connectivity index (χ4n) is 3.13. The number of piperidine rings is 1. The Hall–Kier alpha value is -0.770. The zero-order valence-electron chi connectivity index (χ0n) is 12.4. The SMILES string of the molecule is CCCCNC(=O)N1CCC(CN2CCCC2)CC1. The average Bonchev–Trinajstić information content (AvgIpc) is 2.93. The van der Waals surface area contributed by atoms with Gasteiger partial charge in [0.15, 0.2) is 0 Å². The third-order valence-corrected chi connectivity index (χ3v) is 4.42. The van der Waals surface area contributed by atoms with Crippen LogP contribution in [-0.2, 0) is 0 Å². The summed E-state index contributed by atoms with van der Waals surface area (Å²) in [6, 6.07) is 0.146. The second-order valence-electron chi connectivity index (χ2n) is 6.02. The molecule has 0 bridgehead atoms. The van der Waals surface area contributed by atoms with Crippen LogP contribution in [0.25, 0.3) is 0 Å². The van der Waals surface area contributed by atoms with Gasteiger partial charge >= 0.3 is 6.03 Å². The Morgan fingerprint density at radius 3 is 2.47 bits per heavy atom. The standard InChI is InChI=1S/C15H29N3O/c1-2-3-8-16-15(19)18-11-6-14(7-12-18)13-17-9-4-5-10-17/h14H,2-13H2,1H3,(H,16,19). The Labute approximate surface area is 117 Å². The number of rotatable bonds is 5. The number of carbonyl (C=O) groups excluding carboxylic acids is 1. The van der Waals surface area contributed by atoms with Crippen molar-refractivity contribution in [1.82, 2.24) is 15.1 Å². The van der Waals surface area contributed by atoms with Crippen LogP contribution in [0.5, 0.6) is 0 Å². The van der Waals surface area contributed by atoms with E-state index in [4.69, 9.17) is 0 Å². The maximum absolute atomic E-state index is 11.9. The predicted octanol–water partition coefficient (Wildman–Crippen LogP) is 2.30. The van der Waals surface area contributed by atoms with E-state index in [0.717, 1.165) is 38.4 Å². The summed E-state index contributed by atoms with van der Waals surface area (Å²) in [5.41, 5.74) is 0. The number of carbonyl (C=O) groups is 1. The molecule has 2 aliphatic heterocycles. The molecule has 1 N–H and O–H groups in total. The van der Waals surface area contributed by atoms with Crippen molar-refractivity contribution in [3.05, 3.63) is 0 Å². The van der Waals surface area contributed by atoms with Crippen LogP contribution in [0.1, 0.15) is 45.4 Å². The molecule has 0 aromatic carbocycles. The van der Waals surface area contributed by atoms with Crippen LogP contribution in [-0.4, -0.2) is 55.1 Å². The molecule has 2 rings (SSSR count). The molecule has 4 heteroatoms. The minimum absolute atomic E-state index is 0.146. The molecule has 19 heavy (non-hydrogen) atoms. The van der Waals surface area contributed by atoms with Crippen LogP contribution in [0.15, 0.2) is 0 Å². The molecule has 2 fully saturated rings. The van der Waals surface area contributed by atoms with Crippen molar-refractivity contribution in [2.24, 2.45) is 5.92 Å². The van der Waals surface area contributed by atoms with Gasteiger partial charge in [0.1, 0.15) is 0 Å². The van der Waals surface area contributed by atoms with E-state index in [9.17, 15) is 4.79 Å². The van der Waals surface area contributed by atoms with Crippen LogP contribution in [0.3, 0.4) is 0 Å². The Kier molecular flexibility index (Phi) is 5.95.